The van der Waals surface area contributed by atoms with Gasteiger partial charge in [-0.2, -0.15) is 0 Å². The van der Waals surface area contributed by atoms with Crippen molar-refractivity contribution in [2.75, 3.05) is 10.6 Å². The van der Waals surface area contributed by atoms with Crippen LogP contribution in [0.2, 0.25) is 0 Å². The molecule has 3 aromatic heterocycles. The van der Waals surface area contributed by atoms with Gasteiger partial charge >= 0.3 is 0 Å². The summed E-state index contributed by atoms with van der Waals surface area (Å²) in [7, 11) is 0. The first-order valence-electron chi connectivity index (χ1n) is 9.88. The molecule has 0 aliphatic heterocycles. The van der Waals surface area contributed by atoms with Crippen molar-refractivity contribution in [2.24, 2.45) is 0 Å². The van der Waals surface area contributed by atoms with E-state index in [-0.39, 0.29) is 17.3 Å². The van der Waals surface area contributed by atoms with Gasteiger partial charge in [-0.3, -0.25) is 25.2 Å². The SMILES string of the molecule is O=C(Nc1nc2c(C(=O)Nc3ncc[nH]3)cccc2[nH]1)c1cncc(-c2cccc(F)c2)c1. The summed E-state index contributed by atoms with van der Waals surface area (Å²) in [4.78, 5) is 43.6. The molecule has 9 nitrogen and oxygen atoms in total. The Morgan fingerprint density at radius 2 is 1.76 bits per heavy atom. The lowest BCUT2D eigenvalue weighted by atomic mass is 10.1. The van der Waals surface area contributed by atoms with Crippen molar-refractivity contribution in [1.82, 2.24) is 24.9 Å². The first-order chi connectivity index (χ1) is 16.1. The molecule has 0 unspecified atom stereocenters. The molecule has 0 saturated carbocycles. The number of anilines is 2. The molecule has 5 aromatic rings. The number of carbonyl (C=O) groups is 2. The maximum atomic E-state index is 13.6. The molecule has 2 amide bonds. The van der Waals surface area contributed by atoms with Gasteiger partial charge in [0.15, 0.2) is 0 Å². The predicted octanol–water partition coefficient (Wildman–Crippen LogP) is 3.99. The van der Waals surface area contributed by atoms with Crippen LogP contribution >= 0.6 is 0 Å². The van der Waals surface area contributed by atoms with E-state index >= 15 is 0 Å². The van der Waals surface area contributed by atoms with Crippen LogP contribution in [0.1, 0.15) is 20.7 Å². The minimum Gasteiger partial charge on any atom is -0.331 e. The molecule has 33 heavy (non-hydrogen) atoms. The van der Waals surface area contributed by atoms with Crippen LogP contribution in [0.4, 0.5) is 16.3 Å². The number of amides is 2. The van der Waals surface area contributed by atoms with Crippen LogP contribution in [0.3, 0.4) is 0 Å². The summed E-state index contributed by atoms with van der Waals surface area (Å²) in [6.45, 7) is 0. The summed E-state index contributed by atoms with van der Waals surface area (Å²) < 4.78 is 13.6. The number of halogens is 1. The lowest BCUT2D eigenvalue weighted by Gasteiger charge is -2.05. The molecule has 0 bridgehead atoms. The van der Waals surface area contributed by atoms with Crippen LogP contribution in [-0.2, 0) is 0 Å². The number of fused-ring (bicyclic) bond motifs is 1. The predicted molar refractivity (Wildman–Crippen MR) is 120 cm³/mol. The standard InChI is InChI=1S/C23H16FN7O2/c24-16-4-1-3-13(10-16)14-9-15(12-25-11-14)20(32)30-23-28-18-6-2-5-17(19(18)29-23)21(33)31-22-26-7-8-27-22/h1-12H,(H2,26,27,31,33)(H2,28,29,30,32). The van der Waals surface area contributed by atoms with E-state index in [0.717, 1.165) is 0 Å². The average molecular weight is 441 g/mol. The van der Waals surface area contributed by atoms with Crippen LogP contribution in [0, 0.1) is 5.82 Å². The van der Waals surface area contributed by atoms with Crippen molar-refractivity contribution in [3.05, 3.63) is 90.3 Å². The zero-order valence-corrected chi connectivity index (χ0v) is 17.0. The van der Waals surface area contributed by atoms with Gasteiger partial charge in [0.05, 0.1) is 16.6 Å². The van der Waals surface area contributed by atoms with E-state index in [0.29, 0.717) is 33.7 Å². The monoisotopic (exact) mass is 441 g/mol. The maximum absolute atomic E-state index is 13.6. The molecule has 4 N–H and O–H groups in total. The van der Waals surface area contributed by atoms with Crippen LogP contribution in [0.15, 0.2) is 73.3 Å². The molecule has 2 aromatic carbocycles. The summed E-state index contributed by atoms with van der Waals surface area (Å²) in [5.41, 5.74) is 2.76. The largest absolute Gasteiger partial charge is 0.331 e. The fraction of sp³-hybridized carbons (Fsp3) is 0. The molecule has 0 aliphatic rings. The number of aromatic amines is 2. The van der Waals surface area contributed by atoms with Gasteiger partial charge in [0.1, 0.15) is 11.3 Å². The van der Waals surface area contributed by atoms with Crippen LogP contribution < -0.4 is 10.6 Å². The molecule has 162 valence electrons. The van der Waals surface area contributed by atoms with Crippen LogP contribution in [0.5, 0.6) is 0 Å². The second kappa shape index (κ2) is 8.35. The number of pyridine rings is 1. The number of aromatic nitrogens is 5. The fourth-order valence-electron chi connectivity index (χ4n) is 3.35. The smallest absolute Gasteiger partial charge is 0.260 e. The Hall–Kier alpha value is -4.86. The third-order valence-electron chi connectivity index (χ3n) is 4.88. The second-order valence-electron chi connectivity index (χ2n) is 7.11. The van der Waals surface area contributed by atoms with Gasteiger partial charge in [-0.05, 0) is 35.9 Å². The number of imidazole rings is 2. The highest BCUT2D eigenvalue weighted by molar-refractivity contribution is 6.11. The molecule has 5 rings (SSSR count). The highest BCUT2D eigenvalue weighted by atomic mass is 19.1. The number of hydrogen-bond donors (Lipinski definition) is 4. The quantitative estimate of drug-likeness (QED) is 0.328. The first kappa shape index (κ1) is 20.1. The number of nitrogens with one attached hydrogen (secondary N) is 4. The van der Waals surface area contributed by atoms with Crippen LogP contribution in [0.25, 0.3) is 22.2 Å². The normalized spacial score (nSPS) is 10.8. The van der Waals surface area contributed by atoms with Crippen molar-refractivity contribution < 1.29 is 14.0 Å². The van der Waals surface area contributed by atoms with E-state index < -0.39 is 11.8 Å². The molecule has 0 saturated heterocycles. The Balaban J connectivity index is 1.39. The van der Waals surface area contributed by atoms with Crippen molar-refractivity contribution in [3.63, 3.8) is 0 Å². The molecule has 0 atom stereocenters. The van der Waals surface area contributed by atoms with Gasteiger partial charge < -0.3 is 9.97 Å². The van der Waals surface area contributed by atoms with Crippen LogP contribution in [-0.4, -0.2) is 36.7 Å². The summed E-state index contributed by atoms with van der Waals surface area (Å²) in [6, 6.07) is 12.7. The molecule has 10 heteroatoms. The average Bonchev–Trinajstić information content (AvgIpc) is 3.48. The minimum atomic E-state index is -0.457. The Morgan fingerprint density at radius 1 is 0.909 bits per heavy atom. The lowest BCUT2D eigenvalue weighted by molar-refractivity contribution is 0.101. The van der Waals surface area contributed by atoms with Gasteiger partial charge in [-0.1, -0.05) is 18.2 Å². The Labute approximate surface area is 186 Å². The number of benzene rings is 2. The lowest BCUT2D eigenvalue weighted by Crippen LogP contribution is -2.14. The van der Waals surface area contributed by atoms with E-state index in [1.807, 2.05) is 0 Å². The maximum Gasteiger partial charge on any atom is 0.260 e. The summed E-state index contributed by atoms with van der Waals surface area (Å²) in [5.74, 6) is -0.749. The van der Waals surface area contributed by atoms with E-state index in [2.05, 4.69) is 35.6 Å². The third-order valence-corrected chi connectivity index (χ3v) is 4.88. The Morgan fingerprint density at radius 3 is 2.58 bits per heavy atom. The molecule has 0 fully saturated rings. The fourth-order valence-corrected chi connectivity index (χ4v) is 3.35. The summed E-state index contributed by atoms with van der Waals surface area (Å²) >= 11 is 0. The highest BCUT2D eigenvalue weighted by Gasteiger charge is 2.16. The zero-order chi connectivity index (χ0) is 22.8. The molecule has 3 heterocycles. The number of hydrogen-bond acceptors (Lipinski definition) is 5. The number of nitrogens with zero attached hydrogens (tertiary/aromatic N) is 3. The van der Waals surface area contributed by atoms with E-state index in [1.54, 1.807) is 48.8 Å². The Bertz CT molecular complexity index is 1480. The van der Waals surface area contributed by atoms with Crippen molar-refractivity contribution in [2.45, 2.75) is 0 Å². The number of para-hydroxylation sites is 1. The van der Waals surface area contributed by atoms with Crippen molar-refractivity contribution in [3.8, 4) is 11.1 Å². The third kappa shape index (κ3) is 4.17. The van der Waals surface area contributed by atoms with Crippen molar-refractivity contribution >= 4 is 34.7 Å². The molecule has 0 spiro atoms. The van der Waals surface area contributed by atoms with Crippen molar-refractivity contribution in [1.29, 1.82) is 0 Å². The molecular weight excluding hydrogens is 425 g/mol. The molecule has 0 aliphatic carbocycles. The minimum absolute atomic E-state index is 0.171. The molecular formula is C23H16FN7O2. The highest BCUT2D eigenvalue weighted by Crippen LogP contribution is 2.22. The summed E-state index contributed by atoms with van der Waals surface area (Å²) in [6.07, 6.45) is 6.08. The number of carbonyl (C=O) groups excluding carboxylic acids is 2. The van der Waals surface area contributed by atoms with Gasteiger partial charge in [0.2, 0.25) is 11.9 Å². The Kier molecular flexibility index (Phi) is 5.07. The van der Waals surface area contributed by atoms with E-state index in [9.17, 15) is 14.0 Å². The van der Waals surface area contributed by atoms with Gasteiger partial charge in [-0.25, -0.2) is 14.4 Å². The summed E-state index contributed by atoms with van der Waals surface area (Å²) in [5, 5.41) is 5.33. The topological polar surface area (TPSA) is 128 Å². The van der Waals surface area contributed by atoms with Gasteiger partial charge in [-0.15, -0.1) is 0 Å². The van der Waals surface area contributed by atoms with Gasteiger partial charge in [0.25, 0.3) is 11.8 Å². The zero-order valence-electron chi connectivity index (χ0n) is 17.0. The first-order valence-corrected chi connectivity index (χ1v) is 9.88. The van der Waals surface area contributed by atoms with Gasteiger partial charge in [0, 0.05) is 30.4 Å². The van der Waals surface area contributed by atoms with E-state index in [1.165, 1.54) is 24.5 Å². The number of H-pyrrole nitrogens is 2. The second-order valence-corrected chi connectivity index (χ2v) is 7.11. The molecule has 0 radical (unpaired) electrons. The van der Waals surface area contributed by atoms with E-state index in [4.69, 9.17) is 0 Å². The number of rotatable bonds is 5.